The van der Waals surface area contributed by atoms with Crippen LogP contribution >= 0.6 is 0 Å². The second-order valence-corrected chi connectivity index (χ2v) is 4.38. The normalized spacial score (nSPS) is 10.5. The van der Waals surface area contributed by atoms with Crippen molar-refractivity contribution in [1.82, 2.24) is 0 Å². The molecule has 0 unspecified atom stereocenters. The summed E-state index contributed by atoms with van der Waals surface area (Å²) in [6, 6.07) is 10.7. The Morgan fingerprint density at radius 3 is 2.31 bits per heavy atom. The van der Waals surface area contributed by atoms with Crippen molar-refractivity contribution in [3.05, 3.63) is 53.2 Å². The summed E-state index contributed by atoms with van der Waals surface area (Å²) in [4.78, 5) is 0. The molecule has 0 aliphatic rings. The molecule has 1 aromatic heterocycles. The van der Waals surface area contributed by atoms with Crippen molar-refractivity contribution in [3.8, 4) is 11.3 Å². The number of benzene rings is 1. The van der Waals surface area contributed by atoms with Crippen LogP contribution < -0.4 is 4.57 Å². The van der Waals surface area contributed by atoms with E-state index in [0.29, 0.717) is 0 Å². The Bertz CT molecular complexity index is 527. The lowest BCUT2D eigenvalue weighted by molar-refractivity contribution is -0.660. The number of pyridine rings is 1. The zero-order valence-electron chi connectivity index (χ0n) is 10.4. The monoisotopic (exact) mass is 212 g/mol. The fourth-order valence-electron chi connectivity index (χ4n) is 2.04. The van der Waals surface area contributed by atoms with Crippen molar-refractivity contribution in [2.75, 3.05) is 0 Å². The Hall–Kier alpha value is -1.63. The minimum absolute atomic E-state index is 1.27. The zero-order valence-corrected chi connectivity index (χ0v) is 10.4. The minimum atomic E-state index is 1.27. The van der Waals surface area contributed by atoms with Crippen LogP contribution in [0.15, 0.2) is 36.5 Å². The molecular weight excluding hydrogens is 194 g/mol. The lowest BCUT2D eigenvalue weighted by atomic mass is 9.96. The van der Waals surface area contributed by atoms with Crippen molar-refractivity contribution in [1.29, 1.82) is 0 Å². The molecule has 0 N–H and O–H groups in total. The summed E-state index contributed by atoms with van der Waals surface area (Å²) in [5.41, 5.74) is 6.72. The first kappa shape index (κ1) is 10.9. The van der Waals surface area contributed by atoms with Gasteiger partial charge in [-0.3, -0.25) is 0 Å². The average molecular weight is 212 g/mol. The van der Waals surface area contributed by atoms with E-state index in [1.807, 2.05) is 0 Å². The summed E-state index contributed by atoms with van der Waals surface area (Å²) in [6.45, 7) is 6.55. The van der Waals surface area contributed by atoms with Crippen LogP contribution in [0.4, 0.5) is 0 Å². The molecule has 0 radical (unpaired) electrons. The summed E-state index contributed by atoms with van der Waals surface area (Å²) < 4.78 is 2.16. The van der Waals surface area contributed by atoms with E-state index in [4.69, 9.17) is 0 Å². The number of hydrogen-bond acceptors (Lipinski definition) is 0. The highest BCUT2D eigenvalue weighted by molar-refractivity contribution is 5.63. The van der Waals surface area contributed by atoms with Crippen LogP contribution in [0, 0.1) is 20.8 Å². The van der Waals surface area contributed by atoms with E-state index in [2.05, 4.69) is 68.9 Å². The third-order valence-corrected chi connectivity index (χ3v) is 3.39. The van der Waals surface area contributed by atoms with Crippen LogP contribution in [0.5, 0.6) is 0 Å². The molecule has 1 nitrogen and oxygen atoms in total. The Morgan fingerprint density at radius 2 is 1.62 bits per heavy atom. The van der Waals surface area contributed by atoms with E-state index >= 15 is 0 Å². The summed E-state index contributed by atoms with van der Waals surface area (Å²) in [5.74, 6) is 0. The molecule has 1 aromatic carbocycles. The maximum atomic E-state index is 2.22. The number of aryl methyl sites for hydroxylation is 2. The molecule has 0 amide bonds. The summed E-state index contributed by atoms with van der Waals surface area (Å²) >= 11 is 0. The van der Waals surface area contributed by atoms with Gasteiger partial charge in [0.2, 0.25) is 5.69 Å². The largest absolute Gasteiger partial charge is 0.212 e. The highest BCUT2D eigenvalue weighted by Gasteiger charge is 2.12. The standard InChI is InChI=1S/C15H18N/c1-11-8-9-14(13(3)12(11)2)15-7-5-6-10-16(15)4/h5-10H,1-4H3/q+1. The lowest BCUT2D eigenvalue weighted by Gasteiger charge is -2.09. The first-order valence-electron chi connectivity index (χ1n) is 5.63. The molecular formula is C15H18N+. The third-order valence-electron chi connectivity index (χ3n) is 3.39. The highest BCUT2D eigenvalue weighted by atomic mass is 14.9. The predicted molar refractivity (Wildman–Crippen MR) is 67.3 cm³/mol. The van der Waals surface area contributed by atoms with E-state index in [-0.39, 0.29) is 0 Å². The van der Waals surface area contributed by atoms with E-state index < -0.39 is 0 Å². The maximum absolute atomic E-state index is 2.22. The average Bonchev–Trinajstić information content (AvgIpc) is 2.28. The molecule has 82 valence electrons. The number of rotatable bonds is 1. The molecule has 0 spiro atoms. The first-order valence-corrected chi connectivity index (χ1v) is 5.63. The molecule has 0 aliphatic heterocycles. The fraction of sp³-hybridized carbons (Fsp3) is 0.267. The van der Waals surface area contributed by atoms with Gasteiger partial charge in [0.05, 0.1) is 0 Å². The maximum Gasteiger partial charge on any atom is 0.212 e. The van der Waals surface area contributed by atoms with Gasteiger partial charge in [-0.05, 0) is 49.6 Å². The SMILES string of the molecule is Cc1ccc(-c2cccc[n+]2C)c(C)c1C. The van der Waals surface area contributed by atoms with Crippen molar-refractivity contribution in [2.45, 2.75) is 20.8 Å². The van der Waals surface area contributed by atoms with Gasteiger partial charge in [-0.2, -0.15) is 0 Å². The van der Waals surface area contributed by atoms with Crippen molar-refractivity contribution in [3.63, 3.8) is 0 Å². The molecule has 2 rings (SSSR count). The van der Waals surface area contributed by atoms with E-state index in [1.54, 1.807) is 0 Å². The van der Waals surface area contributed by atoms with Gasteiger partial charge in [0.15, 0.2) is 6.20 Å². The number of nitrogens with zero attached hydrogens (tertiary/aromatic N) is 1. The van der Waals surface area contributed by atoms with E-state index in [0.717, 1.165) is 0 Å². The van der Waals surface area contributed by atoms with Crippen LogP contribution in [0.2, 0.25) is 0 Å². The van der Waals surface area contributed by atoms with Gasteiger partial charge in [0.25, 0.3) is 0 Å². The third kappa shape index (κ3) is 1.73. The molecule has 0 saturated carbocycles. The molecule has 0 fully saturated rings. The zero-order chi connectivity index (χ0) is 11.7. The van der Waals surface area contributed by atoms with Crippen LogP contribution in [-0.2, 0) is 7.05 Å². The van der Waals surface area contributed by atoms with Gasteiger partial charge < -0.3 is 0 Å². The molecule has 0 bridgehead atoms. The molecule has 1 heterocycles. The van der Waals surface area contributed by atoms with Crippen molar-refractivity contribution in [2.24, 2.45) is 7.05 Å². The molecule has 0 aliphatic carbocycles. The highest BCUT2D eigenvalue weighted by Crippen LogP contribution is 2.24. The van der Waals surface area contributed by atoms with Crippen LogP contribution in [0.25, 0.3) is 11.3 Å². The van der Waals surface area contributed by atoms with Gasteiger partial charge >= 0.3 is 0 Å². The van der Waals surface area contributed by atoms with Crippen LogP contribution in [0.1, 0.15) is 16.7 Å². The van der Waals surface area contributed by atoms with Crippen molar-refractivity contribution >= 4 is 0 Å². The topological polar surface area (TPSA) is 3.88 Å². The van der Waals surface area contributed by atoms with Gasteiger partial charge in [-0.15, -0.1) is 0 Å². The Kier molecular flexibility index (Phi) is 2.78. The minimum Gasteiger partial charge on any atom is -0.201 e. The second-order valence-electron chi connectivity index (χ2n) is 4.38. The summed E-state index contributed by atoms with van der Waals surface area (Å²) in [7, 11) is 2.09. The molecule has 2 aromatic rings. The lowest BCUT2D eigenvalue weighted by Crippen LogP contribution is -2.30. The predicted octanol–water partition coefficient (Wildman–Crippen LogP) is 3.10. The first-order chi connectivity index (χ1) is 7.61. The van der Waals surface area contributed by atoms with Crippen LogP contribution in [0.3, 0.4) is 0 Å². The summed E-state index contributed by atoms with van der Waals surface area (Å²) in [5, 5.41) is 0. The number of aromatic nitrogens is 1. The molecule has 0 saturated heterocycles. The quantitative estimate of drug-likeness (QED) is 0.639. The second kappa shape index (κ2) is 4.09. The van der Waals surface area contributed by atoms with Gasteiger partial charge in [-0.25, -0.2) is 4.57 Å². The van der Waals surface area contributed by atoms with Gasteiger partial charge in [-0.1, -0.05) is 6.07 Å². The molecule has 1 heteroatoms. The Balaban J connectivity index is 2.66. The fourth-order valence-corrected chi connectivity index (χ4v) is 2.04. The smallest absolute Gasteiger partial charge is 0.201 e. The van der Waals surface area contributed by atoms with Crippen LogP contribution in [-0.4, -0.2) is 0 Å². The van der Waals surface area contributed by atoms with Gasteiger partial charge in [0.1, 0.15) is 7.05 Å². The molecule has 16 heavy (non-hydrogen) atoms. The van der Waals surface area contributed by atoms with Gasteiger partial charge in [0, 0.05) is 17.7 Å². The summed E-state index contributed by atoms with van der Waals surface area (Å²) in [6.07, 6.45) is 2.09. The van der Waals surface area contributed by atoms with Crippen molar-refractivity contribution < 1.29 is 4.57 Å². The Labute approximate surface area is 97.4 Å². The molecule has 0 atom stereocenters. The number of hydrogen-bond donors (Lipinski definition) is 0. The van der Waals surface area contributed by atoms with E-state index in [9.17, 15) is 0 Å². The Morgan fingerprint density at radius 1 is 0.875 bits per heavy atom. The van der Waals surface area contributed by atoms with E-state index in [1.165, 1.54) is 27.9 Å².